The summed E-state index contributed by atoms with van der Waals surface area (Å²) >= 11 is 0. The van der Waals surface area contributed by atoms with Gasteiger partial charge in [-0.25, -0.2) is 9.50 Å². The number of hydrogen-bond donors (Lipinski definition) is 0. The third kappa shape index (κ3) is 3.92. The minimum Gasteiger partial charge on any atom is -0.306 e. The van der Waals surface area contributed by atoms with Crippen molar-refractivity contribution in [3.8, 4) is 44.9 Å². The van der Waals surface area contributed by atoms with E-state index in [-0.39, 0.29) is 0 Å². The van der Waals surface area contributed by atoms with Crippen LogP contribution in [0.3, 0.4) is 0 Å². The molecule has 0 atom stereocenters. The van der Waals surface area contributed by atoms with Crippen molar-refractivity contribution >= 4 is 21.9 Å². The molecule has 0 amide bonds. The number of benzene rings is 4. The van der Waals surface area contributed by atoms with Crippen LogP contribution in [0.25, 0.3) is 66.8 Å². The highest BCUT2D eigenvalue weighted by Crippen LogP contribution is 2.35. The molecule has 0 spiro atoms. The maximum atomic E-state index is 5.18. The summed E-state index contributed by atoms with van der Waals surface area (Å²) in [5.41, 5.74) is 12.1. The van der Waals surface area contributed by atoms with E-state index >= 15 is 0 Å². The molecular formula is C37H26N4. The van der Waals surface area contributed by atoms with Gasteiger partial charge in [-0.1, -0.05) is 109 Å². The van der Waals surface area contributed by atoms with Gasteiger partial charge in [0.05, 0.1) is 22.6 Å². The Labute approximate surface area is 237 Å². The van der Waals surface area contributed by atoms with Crippen LogP contribution in [0.4, 0.5) is 0 Å². The lowest BCUT2D eigenvalue weighted by molar-refractivity contribution is 0.979. The van der Waals surface area contributed by atoms with Gasteiger partial charge in [0, 0.05) is 40.0 Å². The van der Waals surface area contributed by atoms with Gasteiger partial charge in [0.2, 0.25) is 0 Å². The molecule has 0 radical (unpaired) electrons. The summed E-state index contributed by atoms with van der Waals surface area (Å²) in [6.07, 6.45) is 4.10. The summed E-state index contributed by atoms with van der Waals surface area (Å²) < 4.78 is 4.17. The number of rotatable bonds is 4. The first-order valence-electron chi connectivity index (χ1n) is 13.8. The first-order valence-corrected chi connectivity index (χ1v) is 13.8. The fourth-order valence-corrected chi connectivity index (χ4v) is 5.85. The molecule has 0 saturated heterocycles. The van der Waals surface area contributed by atoms with Crippen molar-refractivity contribution in [3.63, 3.8) is 0 Å². The van der Waals surface area contributed by atoms with Gasteiger partial charge in [-0.2, -0.15) is 5.10 Å². The molecule has 0 aliphatic carbocycles. The first kappa shape index (κ1) is 23.4. The summed E-state index contributed by atoms with van der Waals surface area (Å²) in [4.78, 5) is 4.76. The van der Waals surface area contributed by atoms with Gasteiger partial charge in [-0.3, -0.25) is 0 Å². The van der Waals surface area contributed by atoms with E-state index in [2.05, 4.69) is 131 Å². The Morgan fingerprint density at radius 3 is 2.00 bits per heavy atom. The third-order valence-electron chi connectivity index (χ3n) is 7.96. The Balaban J connectivity index is 1.17. The normalized spacial score (nSPS) is 11.5. The summed E-state index contributed by atoms with van der Waals surface area (Å²) in [5.74, 6) is 0. The highest BCUT2D eigenvalue weighted by atomic mass is 15.2. The highest BCUT2D eigenvalue weighted by Gasteiger charge is 2.17. The van der Waals surface area contributed by atoms with Crippen LogP contribution in [-0.2, 0) is 0 Å². The standard InChI is InChI=1S/C37H26N4/c1-25-36(39-41-34(29-9-3-2-4-10-29)23-31-11-5-6-12-32(31)37(25)41)30-20-16-27(17-21-30)26-14-18-28(19-15-26)33-24-40-22-8-7-13-35(40)38-33/h2-24H,1H3. The van der Waals surface area contributed by atoms with Crippen LogP contribution < -0.4 is 0 Å². The molecular weight excluding hydrogens is 500 g/mol. The SMILES string of the molecule is Cc1c(-c2ccc(-c3ccc(-c4cn5ccccc5n4)cc3)cc2)nn2c(-c3ccccc3)cc3ccccc3c12. The Hall–Kier alpha value is -5.48. The third-order valence-corrected chi connectivity index (χ3v) is 7.96. The number of imidazole rings is 1. The maximum absolute atomic E-state index is 5.18. The lowest BCUT2D eigenvalue weighted by Gasteiger charge is -2.09. The minimum atomic E-state index is 0.952. The molecule has 0 unspecified atom stereocenters. The molecule has 194 valence electrons. The predicted octanol–water partition coefficient (Wildman–Crippen LogP) is 9.11. The molecule has 0 saturated carbocycles. The Bertz CT molecular complexity index is 2150. The fraction of sp³-hybridized carbons (Fsp3) is 0.0270. The maximum Gasteiger partial charge on any atom is 0.137 e. The van der Waals surface area contributed by atoms with Gasteiger partial charge in [0.1, 0.15) is 5.65 Å². The quantitative estimate of drug-likeness (QED) is 0.229. The smallest absolute Gasteiger partial charge is 0.137 e. The van der Waals surface area contributed by atoms with Crippen LogP contribution in [-0.4, -0.2) is 19.0 Å². The molecule has 8 aromatic rings. The molecule has 4 nitrogen and oxygen atoms in total. The van der Waals surface area contributed by atoms with Crippen molar-refractivity contribution in [3.05, 3.63) is 145 Å². The number of aryl methyl sites for hydroxylation is 1. The number of nitrogens with zero attached hydrogens (tertiary/aromatic N) is 4. The summed E-state index contributed by atoms with van der Waals surface area (Å²) in [6.45, 7) is 2.19. The zero-order valence-electron chi connectivity index (χ0n) is 22.6. The van der Waals surface area contributed by atoms with E-state index in [1.807, 2.05) is 24.4 Å². The first-order chi connectivity index (χ1) is 20.2. The van der Waals surface area contributed by atoms with Gasteiger partial charge < -0.3 is 4.40 Å². The van der Waals surface area contributed by atoms with E-state index in [9.17, 15) is 0 Å². The van der Waals surface area contributed by atoms with Crippen molar-refractivity contribution in [2.24, 2.45) is 0 Å². The van der Waals surface area contributed by atoms with Crippen LogP contribution in [0, 0.1) is 6.92 Å². The van der Waals surface area contributed by atoms with Crippen molar-refractivity contribution < 1.29 is 0 Å². The molecule has 4 heterocycles. The minimum absolute atomic E-state index is 0.952. The Morgan fingerprint density at radius 1 is 0.585 bits per heavy atom. The second-order valence-corrected chi connectivity index (χ2v) is 10.5. The molecule has 8 rings (SSSR count). The summed E-state index contributed by atoms with van der Waals surface area (Å²) in [7, 11) is 0. The molecule has 4 aromatic carbocycles. The van der Waals surface area contributed by atoms with E-state index < -0.39 is 0 Å². The van der Waals surface area contributed by atoms with E-state index in [1.54, 1.807) is 0 Å². The summed E-state index contributed by atoms with van der Waals surface area (Å²) in [5, 5.41) is 7.61. The molecule has 4 heteroatoms. The Kier molecular flexibility index (Phi) is 5.32. The van der Waals surface area contributed by atoms with Crippen molar-refractivity contribution in [2.45, 2.75) is 6.92 Å². The van der Waals surface area contributed by atoms with Crippen molar-refractivity contribution in [1.29, 1.82) is 0 Å². The predicted molar refractivity (Wildman–Crippen MR) is 168 cm³/mol. The number of fused-ring (bicyclic) bond motifs is 4. The van der Waals surface area contributed by atoms with Crippen LogP contribution in [0.1, 0.15) is 5.56 Å². The molecule has 0 aliphatic rings. The highest BCUT2D eigenvalue weighted by molar-refractivity contribution is 6.01. The van der Waals surface area contributed by atoms with Gasteiger partial charge in [-0.05, 0) is 41.6 Å². The monoisotopic (exact) mass is 526 g/mol. The lowest BCUT2D eigenvalue weighted by Crippen LogP contribution is -1.95. The van der Waals surface area contributed by atoms with Crippen molar-refractivity contribution in [2.75, 3.05) is 0 Å². The van der Waals surface area contributed by atoms with Crippen LogP contribution in [0.5, 0.6) is 0 Å². The molecule has 41 heavy (non-hydrogen) atoms. The average molecular weight is 527 g/mol. The lowest BCUT2D eigenvalue weighted by atomic mass is 9.99. The van der Waals surface area contributed by atoms with Crippen LogP contribution in [0.2, 0.25) is 0 Å². The largest absolute Gasteiger partial charge is 0.306 e. The molecule has 0 fully saturated rings. The van der Waals surface area contributed by atoms with Gasteiger partial charge >= 0.3 is 0 Å². The average Bonchev–Trinajstić information content (AvgIpc) is 3.63. The van der Waals surface area contributed by atoms with E-state index in [0.29, 0.717) is 0 Å². The number of aromatic nitrogens is 4. The topological polar surface area (TPSA) is 34.6 Å². The van der Waals surface area contributed by atoms with E-state index in [1.165, 1.54) is 27.5 Å². The molecule has 4 aromatic heterocycles. The second kappa shape index (κ2) is 9.32. The fourth-order valence-electron chi connectivity index (χ4n) is 5.85. The van der Waals surface area contributed by atoms with Gasteiger partial charge in [0.25, 0.3) is 0 Å². The summed E-state index contributed by atoms with van der Waals surface area (Å²) in [6, 6.07) is 44.8. The van der Waals surface area contributed by atoms with Gasteiger partial charge in [-0.15, -0.1) is 0 Å². The zero-order valence-corrected chi connectivity index (χ0v) is 22.6. The van der Waals surface area contributed by atoms with Crippen molar-refractivity contribution in [1.82, 2.24) is 19.0 Å². The van der Waals surface area contributed by atoms with Crippen LogP contribution >= 0.6 is 0 Å². The molecule has 0 N–H and O–H groups in total. The Morgan fingerprint density at radius 2 is 1.24 bits per heavy atom. The number of hydrogen-bond acceptors (Lipinski definition) is 2. The zero-order chi connectivity index (χ0) is 27.3. The van der Waals surface area contributed by atoms with Crippen LogP contribution in [0.15, 0.2) is 140 Å². The number of pyridine rings is 2. The van der Waals surface area contributed by atoms with E-state index in [4.69, 9.17) is 10.1 Å². The van der Waals surface area contributed by atoms with Gasteiger partial charge in [0.15, 0.2) is 0 Å². The molecule has 0 aliphatic heterocycles. The molecule has 0 bridgehead atoms. The van der Waals surface area contributed by atoms with E-state index in [0.717, 1.165) is 44.9 Å². The second-order valence-electron chi connectivity index (χ2n) is 10.5.